The van der Waals surface area contributed by atoms with E-state index in [2.05, 4.69) is 39.0 Å². The number of rotatable bonds is 1. The van der Waals surface area contributed by atoms with Crippen LogP contribution in [0.1, 0.15) is 24.0 Å². The van der Waals surface area contributed by atoms with Gasteiger partial charge in [-0.05, 0) is 56.0 Å². The highest BCUT2D eigenvalue weighted by Crippen LogP contribution is 2.32. The van der Waals surface area contributed by atoms with Crippen LogP contribution in [0, 0.1) is 0 Å². The molecular weight excluding hydrogens is 250 g/mol. The molecule has 1 nitrogen and oxygen atoms in total. The fraction of sp³-hybridized carbons (Fsp3) is 0.538. The molecule has 2 heteroatoms. The molecule has 15 heavy (non-hydrogen) atoms. The summed E-state index contributed by atoms with van der Waals surface area (Å²) in [6.07, 6.45) is 5.30. The third-order valence-electron chi connectivity index (χ3n) is 3.77. The summed E-state index contributed by atoms with van der Waals surface area (Å²) in [5.74, 6) is 0. The molecule has 80 valence electrons. The van der Waals surface area contributed by atoms with Crippen molar-refractivity contribution in [1.29, 1.82) is 0 Å². The predicted molar refractivity (Wildman–Crippen MR) is 66.1 cm³/mol. The molecule has 0 N–H and O–H groups in total. The number of nitrogens with zero attached hydrogens (tertiary/aromatic N) is 1. The van der Waals surface area contributed by atoms with Gasteiger partial charge in [0.15, 0.2) is 0 Å². The monoisotopic (exact) mass is 265 g/mol. The molecule has 1 aromatic carbocycles. The number of hydrogen-bond acceptors (Lipinski definition) is 1. The Morgan fingerprint density at radius 2 is 1.93 bits per heavy atom. The maximum Gasteiger partial charge on any atom is 0.0210 e. The van der Waals surface area contributed by atoms with Crippen molar-refractivity contribution in [1.82, 2.24) is 4.90 Å². The predicted octanol–water partition coefficient (Wildman–Crippen LogP) is 3.01. The van der Waals surface area contributed by atoms with Gasteiger partial charge in [0, 0.05) is 10.5 Å². The third kappa shape index (κ3) is 1.74. The first kappa shape index (κ1) is 9.86. The maximum atomic E-state index is 3.66. The molecule has 0 amide bonds. The van der Waals surface area contributed by atoms with Crippen LogP contribution in [0.4, 0.5) is 0 Å². The molecule has 1 fully saturated rings. The first-order valence-corrected chi connectivity index (χ1v) is 6.64. The number of benzene rings is 1. The number of likely N-dealkylation sites (tertiary alicyclic amines) is 1. The van der Waals surface area contributed by atoms with Crippen molar-refractivity contribution in [2.24, 2.45) is 0 Å². The second-order valence-electron chi connectivity index (χ2n) is 4.68. The Morgan fingerprint density at radius 1 is 1.13 bits per heavy atom. The second-order valence-corrected chi connectivity index (χ2v) is 5.54. The molecule has 1 atom stereocenters. The van der Waals surface area contributed by atoms with E-state index in [-0.39, 0.29) is 0 Å². The highest BCUT2D eigenvalue weighted by atomic mass is 79.9. The molecule has 1 aliphatic heterocycles. The summed E-state index contributed by atoms with van der Waals surface area (Å²) in [5, 5.41) is 0. The lowest BCUT2D eigenvalue weighted by Crippen LogP contribution is -2.33. The smallest absolute Gasteiger partial charge is 0.0210 e. The van der Waals surface area contributed by atoms with E-state index in [4.69, 9.17) is 0 Å². The average molecular weight is 266 g/mol. The van der Waals surface area contributed by atoms with Gasteiger partial charge in [-0.3, -0.25) is 4.90 Å². The summed E-state index contributed by atoms with van der Waals surface area (Å²) in [6.45, 7) is 2.63. The van der Waals surface area contributed by atoms with Crippen LogP contribution in [0.25, 0.3) is 0 Å². The van der Waals surface area contributed by atoms with E-state index in [1.54, 1.807) is 11.1 Å². The Kier molecular flexibility index (Phi) is 2.57. The van der Waals surface area contributed by atoms with E-state index >= 15 is 0 Å². The molecule has 0 bridgehead atoms. The van der Waals surface area contributed by atoms with Crippen molar-refractivity contribution in [3.8, 4) is 0 Å². The van der Waals surface area contributed by atoms with Gasteiger partial charge in [-0.25, -0.2) is 0 Å². The zero-order valence-corrected chi connectivity index (χ0v) is 10.5. The molecule has 0 spiro atoms. The van der Waals surface area contributed by atoms with E-state index in [1.165, 1.54) is 43.2 Å². The van der Waals surface area contributed by atoms with Crippen LogP contribution >= 0.6 is 15.9 Å². The normalized spacial score (nSPS) is 25.8. The van der Waals surface area contributed by atoms with Crippen molar-refractivity contribution in [3.63, 3.8) is 0 Å². The van der Waals surface area contributed by atoms with E-state index in [0.717, 1.165) is 6.04 Å². The molecule has 1 unspecified atom stereocenters. The molecule has 1 heterocycles. The first-order valence-electron chi connectivity index (χ1n) is 5.85. The Bertz CT molecular complexity index is 369. The fourth-order valence-electron chi connectivity index (χ4n) is 2.95. The van der Waals surface area contributed by atoms with E-state index in [0.29, 0.717) is 0 Å². The lowest BCUT2D eigenvalue weighted by molar-refractivity contribution is 0.250. The molecule has 1 saturated heterocycles. The van der Waals surface area contributed by atoms with Crippen molar-refractivity contribution in [2.75, 3.05) is 13.1 Å². The topological polar surface area (TPSA) is 3.24 Å². The van der Waals surface area contributed by atoms with Gasteiger partial charge in [-0.1, -0.05) is 28.1 Å². The second kappa shape index (κ2) is 3.91. The maximum absolute atomic E-state index is 3.66. The zero-order valence-electron chi connectivity index (χ0n) is 8.88. The van der Waals surface area contributed by atoms with E-state index in [9.17, 15) is 0 Å². The minimum absolute atomic E-state index is 0.779. The molecule has 1 aromatic rings. The summed E-state index contributed by atoms with van der Waals surface area (Å²) >= 11 is 3.66. The highest BCUT2D eigenvalue weighted by Gasteiger charge is 2.29. The Labute approximate surface area is 99.6 Å². The largest absolute Gasteiger partial charge is 0.300 e. The van der Waals surface area contributed by atoms with Gasteiger partial charge in [0.05, 0.1) is 0 Å². The van der Waals surface area contributed by atoms with Gasteiger partial charge in [-0.15, -0.1) is 0 Å². The van der Waals surface area contributed by atoms with Crippen LogP contribution in [0.5, 0.6) is 0 Å². The molecule has 0 radical (unpaired) electrons. The summed E-state index contributed by atoms with van der Waals surface area (Å²) in [6, 6.07) is 7.40. The van der Waals surface area contributed by atoms with Crippen LogP contribution in [0.3, 0.4) is 0 Å². The first-order chi connectivity index (χ1) is 7.34. The van der Waals surface area contributed by atoms with E-state index < -0.39 is 0 Å². The lowest BCUT2D eigenvalue weighted by atomic mass is 10.1. The SMILES string of the molecule is Brc1cccc2c1CC(N1CCCC1)C2. The number of fused-ring (bicyclic) bond motifs is 1. The summed E-state index contributed by atoms with van der Waals surface area (Å²) in [5.41, 5.74) is 3.11. The van der Waals surface area contributed by atoms with Gasteiger partial charge >= 0.3 is 0 Å². The zero-order chi connectivity index (χ0) is 10.3. The Morgan fingerprint density at radius 3 is 2.67 bits per heavy atom. The lowest BCUT2D eigenvalue weighted by Gasteiger charge is -2.22. The molecule has 0 aromatic heterocycles. The fourth-order valence-corrected chi connectivity index (χ4v) is 3.52. The van der Waals surface area contributed by atoms with Crippen molar-refractivity contribution < 1.29 is 0 Å². The summed E-state index contributed by atoms with van der Waals surface area (Å²) in [4.78, 5) is 2.67. The Balaban J connectivity index is 1.82. The van der Waals surface area contributed by atoms with Crippen LogP contribution in [-0.2, 0) is 12.8 Å². The number of halogens is 1. The van der Waals surface area contributed by atoms with Gasteiger partial charge in [0.25, 0.3) is 0 Å². The summed E-state index contributed by atoms with van der Waals surface area (Å²) in [7, 11) is 0. The minimum atomic E-state index is 0.779. The summed E-state index contributed by atoms with van der Waals surface area (Å²) < 4.78 is 1.31. The molecule has 0 saturated carbocycles. The molecule has 2 aliphatic rings. The van der Waals surface area contributed by atoms with Gasteiger partial charge in [-0.2, -0.15) is 0 Å². The van der Waals surface area contributed by atoms with Gasteiger partial charge < -0.3 is 0 Å². The average Bonchev–Trinajstić information content (AvgIpc) is 2.86. The number of hydrogen-bond donors (Lipinski definition) is 0. The quantitative estimate of drug-likeness (QED) is 0.755. The Hall–Kier alpha value is -0.340. The third-order valence-corrected chi connectivity index (χ3v) is 4.51. The van der Waals surface area contributed by atoms with Gasteiger partial charge in [0.2, 0.25) is 0 Å². The van der Waals surface area contributed by atoms with Crippen LogP contribution in [0.15, 0.2) is 22.7 Å². The van der Waals surface area contributed by atoms with Crippen LogP contribution in [0.2, 0.25) is 0 Å². The highest BCUT2D eigenvalue weighted by molar-refractivity contribution is 9.10. The van der Waals surface area contributed by atoms with Crippen molar-refractivity contribution in [2.45, 2.75) is 31.7 Å². The van der Waals surface area contributed by atoms with E-state index in [1.807, 2.05) is 0 Å². The van der Waals surface area contributed by atoms with Gasteiger partial charge in [0.1, 0.15) is 0 Å². The van der Waals surface area contributed by atoms with Crippen molar-refractivity contribution in [3.05, 3.63) is 33.8 Å². The molecular formula is C13H16BrN. The standard InChI is InChI=1S/C13H16BrN/c14-13-5-3-4-10-8-11(9-12(10)13)15-6-1-2-7-15/h3-5,11H,1-2,6-9H2. The van der Waals surface area contributed by atoms with Crippen molar-refractivity contribution >= 4 is 15.9 Å². The molecule has 1 aliphatic carbocycles. The van der Waals surface area contributed by atoms with Crippen LogP contribution in [-0.4, -0.2) is 24.0 Å². The van der Waals surface area contributed by atoms with Crippen LogP contribution < -0.4 is 0 Å². The minimum Gasteiger partial charge on any atom is -0.300 e. The molecule has 3 rings (SSSR count).